The number of nitriles is 1. The quantitative estimate of drug-likeness (QED) is 0.871. The van der Waals surface area contributed by atoms with Gasteiger partial charge in [-0.25, -0.2) is 0 Å². The summed E-state index contributed by atoms with van der Waals surface area (Å²) >= 11 is 0. The van der Waals surface area contributed by atoms with E-state index in [9.17, 15) is 4.79 Å². The van der Waals surface area contributed by atoms with Gasteiger partial charge < -0.3 is 14.5 Å². The van der Waals surface area contributed by atoms with E-state index < -0.39 is 0 Å². The molecule has 122 valence electrons. The first-order valence-corrected chi connectivity index (χ1v) is 7.87. The molecule has 5 heteroatoms. The molecule has 1 heterocycles. The number of rotatable bonds is 3. The molecule has 0 N–H and O–H groups in total. The van der Waals surface area contributed by atoms with Crippen LogP contribution in [-0.4, -0.2) is 37.6 Å². The second kappa shape index (κ2) is 7.05. The van der Waals surface area contributed by atoms with E-state index in [1.165, 1.54) is 5.69 Å². The highest BCUT2D eigenvalue weighted by atomic mass is 16.5. The molecule has 2 aromatic carbocycles. The Morgan fingerprint density at radius 1 is 1.17 bits per heavy atom. The maximum atomic E-state index is 12.5. The maximum Gasteiger partial charge on any atom is 0.260 e. The summed E-state index contributed by atoms with van der Waals surface area (Å²) in [5.74, 6) is 0.555. The SMILES string of the molecule is CN1CCN(C(=O)COc2ccc(C#N)cc2)Cc2ccccc21. The van der Waals surface area contributed by atoms with E-state index in [2.05, 4.69) is 23.1 Å². The first-order valence-electron chi connectivity index (χ1n) is 7.87. The van der Waals surface area contributed by atoms with Crippen molar-refractivity contribution in [3.05, 3.63) is 59.7 Å². The van der Waals surface area contributed by atoms with Crippen molar-refractivity contribution in [3.8, 4) is 11.8 Å². The standard InChI is InChI=1S/C19H19N3O2/c1-21-10-11-22(13-16-4-2-3-5-18(16)21)19(23)14-24-17-8-6-15(12-20)7-9-17/h2-9H,10-11,13-14H2,1H3. The van der Waals surface area contributed by atoms with Crippen LogP contribution in [0.3, 0.4) is 0 Å². The topological polar surface area (TPSA) is 56.6 Å². The minimum atomic E-state index is -0.0375. The first-order chi connectivity index (χ1) is 11.7. The molecule has 1 aliphatic heterocycles. The molecule has 0 fully saturated rings. The van der Waals surface area contributed by atoms with Gasteiger partial charge in [0.2, 0.25) is 0 Å². The fourth-order valence-electron chi connectivity index (χ4n) is 2.77. The van der Waals surface area contributed by atoms with Crippen molar-refractivity contribution < 1.29 is 9.53 Å². The number of para-hydroxylation sites is 1. The van der Waals surface area contributed by atoms with Gasteiger partial charge in [-0.1, -0.05) is 18.2 Å². The highest BCUT2D eigenvalue weighted by Crippen LogP contribution is 2.23. The van der Waals surface area contributed by atoms with Crippen molar-refractivity contribution in [2.24, 2.45) is 0 Å². The van der Waals surface area contributed by atoms with Crippen molar-refractivity contribution in [3.63, 3.8) is 0 Å². The van der Waals surface area contributed by atoms with E-state index in [4.69, 9.17) is 10.00 Å². The van der Waals surface area contributed by atoms with Crippen molar-refractivity contribution in [2.45, 2.75) is 6.54 Å². The molecule has 0 saturated carbocycles. The summed E-state index contributed by atoms with van der Waals surface area (Å²) < 4.78 is 5.56. The van der Waals surface area contributed by atoms with Crippen LogP contribution in [0.2, 0.25) is 0 Å². The molecular formula is C19H19N3O2. The smallest absolute Gasteiger partial charge is 0.260 e. The molecule has 0 bridgehead atoms. The monoisotopic (exact) mass is 321 g/mol. The van der Waals surface area contributed by atoms with Gasteiger partial charge in [-0.15, -0.1) is 0 Å². The Kier molecular flexibility index (Phi) is 4.66. The van der Waals surface area contributed by atoms with E-state index >= 15 is 0 Å². The van der Waals surface area contributed by atoms with Crippen molar-refractivity contribution in [1.29, 1.82) is 5.26 Å². The zero-order valence-electron chi connectivity index (χ0n) is 13.6. The van der Waals surface area contributed by atoms with Gasteiger partial charge in [0, 0.05) is 32.4 Å². The average Bonchev–Trinajstić information content (AvgIpc) is 2.80. The lowest BCUT2D eigenvalue weighted by atomic mass is 10.1. The number of anilines is 1. The molecule has 0 radical (unpaired) electrons. The number of carbonyl (C=O) groups is 1. The van der Waals surface area contributed by atoms with Crippen LogP contribution in [0.25, 0.3) is 0 Å². The van der Waals surface area contributed by atoms with Crippen LogP contribution in [0, 0.1) is 11.3 Å². The molecule has 0 aliphatic carbocycles. The van der Waals surface area contributed by atoms with Crippen LogP contribution < -0.4 is 9.64 Å². The lowest BCUT2D eigenvalue weighted by molar-refractivity contribution is -0.133. The van der Waals surface area contributed by atoms with Crippen molar-refractivity contribution in [1.82, 2.24) is 4.90 Å². The second-order valence-corrected chi connectivity index (χ2v) is 5.79. The predicted octanol–water partition coefficient (Wildman–Crippen LogP) is 2.42. The van der Waals surface area contributed by atoms with Gasteiger partial charge in [-0.2, -0.15) is 5.26 Å². The van der Waals surface area contributed by atoms with Crippen molar-refractivity contribution in [2.75, 3.05) is 31.6 Å². The highest BCUT2D eigenvalue weighted by molar-refractivity contribution is 5.78. The molecule has 1 aliphatic rings. The van der Waals surface area contributed by atoms with E-state index in [1.54, 1.807) is 24.3 Å². The van der Waals surface area contributed by atoms with Crippen LogP contribution >= 0.6 is 0 Å². The molecule has 5 nitrogen and oxygen atoms in total. The fraction of sp³-hybridized carbons (Fsp3) is 0.263. The van der Waals surface area contributed by atoms with Crippen LogP contribution in [-0.2, 0) is 11.3 Å². The number of fused-ring (bicyclic) bond motifs is 1. The summed E-state index contributed by atoms with van der Waals surface area (Å²) in [5, 5.41) is 8.79. The Balaban J connectivity index is 1.64. The fourth-order valence-corrected chi connectivity index (χ4v) is 2.77. The molecule has 0 atom stereocenters. The predicted molar refractivity (Wildman–Crippen MR) is 91.8 cm³/mol. The summed E-state index contributed by atoms with van der Waals surface area (Å²) in [5.41, 5.74) is 2.88. The van der Waals surface area contributed by atoms with Gasteiger partial charge in [0.25, 0.3) is 5.91 Å². The third-order valence-electron chi connectivity index (χ3n) is 4.17. The number of amides is 1. The van der Waals surface area contributed by atoms with Crippen LogP contribution in [0.1, 0.15) is 11.1 Å². The third kappa shape index (κ3) is 3.49. The van der Waals surface area contributed by atoms with E-state index in [1.807, 2.05) is 24.1 Å². The Morgan fingerprint density at radius 3 is 2.67 bits per heavy atom. The zero-order valence-corrected chi connectivity index (χ0v) is 13.6. The average molecular weight is 321 g/mol. The summed E-state index contributed by atoms with van der Waals surface area (Å²) in [4.78, 5) is 16.5. The number of ether oxygens (including phenoxy) is 1. The molecule has 1 amide bonds. The molecule has 2 aromatic rings. The van der Waals surface area contributed by atoms with Crippen molar-refractivity contribution >= 4 is 11.6 Å². The molecule has 3 rings (SSSR count). The molecular weight excluding hydrogens is 302 g/mol. The molecule has 0 unspecified atom stereocenters. The minimum Gasteiger partial charge on any atom is -0.484 e. The lowest BCUT2D eigenvalue weighted by Crippen LogP contribution is -2.37. The van der Waals surface area contributed by atoms with Gasteiger partial charge in [-0.3, -0.25) is 4.79 Å². The van der Waals surface area contributed by atoms with Gasteiger partial charge in [-0.05, 0) is 35.9 Å². The number of hydrogen-bond donors (Lipinski definition) is 0. The second-order valence-electron chi connectivity index (χ2n) is 5.79. The van der Waals surface area contributed by atoms with Crippen LogP contribution in [0.5, 0.6) is 5.75 Å². The van der Waals surface area contributed by atoms with Gasteiger partial charge >= 0.3 is 0 Å². The minimum absolute atomic E-state index is 0.00220. The summed E-state index contributed by atoms with van der Waals surface area (Å²) in [6.07, 6.45) is 0. The highest BCUT2D eigenvalue weighted by Gasteiger charge is 2.21. The lowest BCUT2D eigenvalue weighted by Gasteiger charge is -2.21. The first kappa shape index (κ1) is 15.9. The molecule has 24 heavy (non-hydrogen) atoms. The Hall–Kier alpha value is -3.00. The number of hydrogen-bond acceptors (Lipinski definition) is 4. The number of likely N-dealkylation sites (N-methyl/N-ethyl adjacent to an activating group) is 1. The number of carbonyl (C=O) groups excluding carboxylic acids is 1. The largest absolute Gasteiger partial charge is 0.484 e. The Labute approximate surface area is 141 Å². The normalized spacial score (nSPS) is 13.7. The van der Waals surface area contributed by atoms with E-state index in [0.717, 1.165) is 12.1 Å². The Morgan fingerprint density at radius 2 is 1.92 bits per heavy atom. The maximum absolute atomic E-state index is 12.5. The summed E-state index contributed by atoms with van der Waals surface area (Å²) in [6, 6.07) is 17.0. The van der Waals surface area contributed by atoms with Gasteiger partial charge in [0.1, 0.15) is 5.75 Å². The number of benzene rings is 2. The summed E-state index contributed by atoms with van der Waals surface area (Å²) in [6.45, 7) is 2.05. The Bertz CT molecular complexity index is 765. The van der Waals surface area contributed by atoms with E-state index in [-0.39, 0.29) is 12.5 Å². The zero-order chi connectivity index (χ0) is 16.9. The molecule has 0 aromatic heterocycles. The van der Waals surface area contributed by atoms with E-state index in [0.29, 0.717) is 24.4 Å². The van der Waals surface area contributed by atoms with Gasteiger partial charge in [0.05, 0.1) is 11.6 Å². The molecule has 0 saturated heterocycles. The third-order valence-corrected chi connectivity index (χ3v) is 4.17. The van der Waals surface area contributed by atoms with Gasteiger partial charge in [0.15, 0.2) is 6.61 Å². The summed E-state index contributed by atoms with van der Waals surface area (Å²) in [7, 11) is 2.04. The molecule has 0 spiro atoms. The number of nitrogens with zero attached hydrogens (tertiary/aromatic N) is 3. The van der Waals surface area contributed by atoms with Crippen LogP contribution in [0.4, 0.5) is 5.69 Å². The van der Waals surface area contributed by atoms with Crippen LogP contribution in [0.15, 0.2) is 48.5 Å².